The molecule has 2 heterocycles. The smallest absolute Gasteiger partial charge is 0.410 e. The molecule has 1 aromatic heterocycles. The number of rotatable bonds is 4. The van der Waals surface area contributed by atoms with Crippen molar-refractivity contribution in [1.29, 1.82) is 0 Å². The SMILES string of the molecule is CC(C)(C)OC(=O)N1CCC(F)(c2ncc(C[C@@H](O)CO)cc2F)CC1. The molecule has 1 saturated heterocycles. The van der Waals surface area contributed by atoms with E-state index in [-0.39, 0.29) is 38.0 Å². The molecule has 0 aliphatic carbocycles. The number of piperidine rings is 1. The van der Waals surface area contributed by atoms with Gasteiger partial charge in [-0.15, -0.1) is 0 Å². The molecule has 0 bridgehead atoms. The normalized spacial score (nSPS) is 18.5. The standard InChI is InChI=1S/C18H26F2N2O4/c1-17(2,3)26-16(25)22-6-4-18(20,5-7-22)15-14(19)9-12(10-21-15)8-13(24)11-23/h9-10,13,23-24H,4-8,11H2,1-3H3/t13-/m1/s1. The van der Waals surface area contributed by atoms with Crippen molar-refractivity contribution in [2.24, 2.45) is 0 Å². The molecule has 2 N–H and O–H groups in total. The lowest BCUT2D eigenvalue weighted by molar-refractivity contribution is 0.000454. The summed E-state index contributed by atoms with van der Waals surface area (Å²) in [5, 5.41) is 18.2. The maximum Gasteiger partial charge on any atom is 0.410 e. The van der Waals surface area contributed by atoms with Crippen molar-refractivity contribution < 1.29 is 28.5 Å². The molecule has 1 fully saturated rings. The molecular formula is C18H26F2N2O4. The molecule has 1 aromatic rings. The summed E-state index contributed by atoms with van der Waals surface area (Å²) in [6.45, 7) is 5.03. The second kappa shape index (κ2) is 7.84. The van der Waals surface area contributed by atoms with Crippen LogP contribution in [0.5, 0.6) is 0 Å². The zero-order valence-corrected chi connectivity index (χ0v) is 15.3. The third kappa shape index (κ3) is 5.11. The number of halogens is 2. The van der Waals surface area contributed by atoms with Crippen LogP contribution in [0, 0.1) is 5.82 Å². The number of hydrogen-bond donors (Lipinski definition) is 2. The summed E-state index contributed by atoms with van der Waals surface area (Å²) in [6.07, 6.45) is -0.339. The summed E-state index contributed by atoms with van der Waals surface area (Å²) >= 11 is 0. The Morgan fingerprint density at radius 2 is 2.04 bits per heavy atom. The lowest BCUT2D eigenvalue weighted by atomic mass is 9.89. The Bertz CT molecular complexity index is 641. The van der Waals surface area contributed by atoms with Gasteiger partial charge in [0.2, 0.25) is 0 Å². The minimum absolute atomic E-state index is 0.0341. The first-order valence-electron chi connectivity index (χ1n) is 8.65. The summed E-state index contributed by atoms with van der Waals surface area (Å²) in [7, 11) is 0. The van der Waals surface area contributed by atoms with Gasteiger partial charge in [0.25, 0.3) is 0 Å². The Morgan fingerprint density at radius 3 is 2.54 bits per heavy atom. The number of amides is 1. The fraction of sp³-hybridized carbons (Fsp3) is 0.667. The lowest BCUT2D eigenvalue weighted by Crippen LogP contribution is -2.45. The molecule has 6 nitrogen and oxygen atoms in total. The van der Waals surface area contributed by atoms with Gasteiger partial charge >= 0.3 is 6.09 Å². The molecular weight excluding hydrogens is 346 g/mol. The van der Waals surface area contributed by atoms with E-state index in [1.807, 2.05) is 0 Å². The van der Waals surface area contributed by atoms with Crippen LogP contribution in [0.25, 0.3) is 0 Å². The summed E-state index contributed by atoms with van der Waals surface area (Å²) in [5.74, 6) is -0.791. The van der Waals surface area contributed by atoms with Crippen molar-refractivity contribution in [3.63, 3.8) is 0 Å². The number of carbonyl (C=O) groups excluding carboxylic acids is 1. The molecule has 8 heteroatoms. The zero-order chi connectivity index (χ0) is 19.5. The predicted molar refractivity (Wildman–Crippen MR) is 90.8 cm³/mol. The van der Waals surface area contributed by atoms with Crippen LogP contribution in [0.1, 0.15) is 44.9 Å². The van der Waals surface area contributed by atoms with Crippen molar-refractivity contribution in [1.82, 2.24) is 9.88 Å². The van der Waals surface area contributed by atoms with Crippen molar-refractivity contribution >= 4 is 6.09 Å². The van der Waals surface area contributed by atoms with Crippen LogP contribution in [0.15, 0.2) is 12.3 Å². The number of pyridine rings is 1. The molecule has 1 aliphatic heterocycles. The highest BCUT2D eigenvalue weighted by atomic mass is 19.1. The Morgan fingerprint density at radius 1 is 1.42 bits per heavy atom. The van der Waals surface area contributed by atoms with Crippen molar-refractivity contribution in [3.05, 3.63) is 29.3 Å². The Hall–Kier alpha value is -1.80. The van der Waals surface area contributed by atoms with Gasteiger partial charge in [-0.25, -0.2) is 13.6 Å². The Kier molecular flexibility index (Phi) is 6.18. The highest BCUT2D eigenvalue weighted by Crippen LogP contribution is 2.37. The summed E-state index contributed by atoms with van der Waals surface area (Å²) < 4.78 is 34.9. The van der Waals surface area contributed by atoms with E-state index < -0.39 is 35.9 Å². The molecule has 0 saturated carbocycles. The zero-order valence-electron chi connectivity index (χ0n) is 15.3. The molecule has 26 heavy (non-hydrogen) atoms. The fourth-order valence-electron chi connectivity index (χ4n) is 2.86. The summed E-state index contributed by atoms with van der Waals surface area (Å²) in [6, 6.07) is 1.13. The van der Waals surface area contributed by atoms with Gasteiger partial charge in [0.15, 0.2) is 5.67 Å². The summed E-state index contributed by atoms with van der Waals surface area (Å²) in [5.41, 5.74) is -2.51. The van der Waals surface area contributed by atoms with Crippen LogP contribution >= 0.6 is 0 Å². The molecule has 1 atom stereocenters. The highest BCUT2D eigenvalue weighted by Gasteiger charge is 2.41. The molecule has 0 aromatic carbocycles. The lowest BCUT2D eigenvalue weighted by Gasteiger charge is -2.36. The van der Waals surface area contributed by atoms with Gasteiger partial charge in [0.1, 0.15) is 17.1 Å². The van der Waals surface area contributed by atoms with E-state index in [9.17, 15) is 14.3 Å². The first-order valence-corrected chi connectivity index (χ1v) is 8.65. The highest BCUT2D eigenvalue weighted by molar-refractivity contribution is 5.68. The number of ether oxygens (including phenoxy) is 1. The Balaban J connectivity index is 2.05. The van der Waals surface area contributed by atoms with E-state index in [0.717, 1.165) is 6.07 Å². The molecule has 146 valence electrons. The number of likely N-dealkylation sites (tertiary alicyclic amines) is 1. The van der Waals surface area contributed by atoms with Gasteiger partial charge in [0.05, 0.1) is 12.7 Å². The van der Waals surface area contributed by atoms with Gasteiger partial charge in [-0.3, -0.25) is 4.98 Å². The average molecular weight is 372 g/mol. The van der Waals surface area contributed by atoms with Crippen LogP contribution in [0.2, 0.25) is 0 Å². The third-order valence-electron chi connectivity index (χ3n) is 4.21. The second-order valence-corrected chi connectivity index (χ2v) is 7.65. The van der Waals surface area contributed by atoms with Gasteiger partial charge in [0, 0.05) is 38.5 Å². The monoisotopic (exact) mass is 372 g/mol. The van der Waals surface area contributed by atoms with E-state index in [1.54, 1.807) is 20.8 Å². The van der Waals surface area contributed by atoms with E-state index in [4.69, 9.17) is 9.84 Å². The number of nitrogens with zero attached hydrogens (tertiary/aromatic N) is 2. The fourth-order valence-corrected chi connectivity index (χ4v) is 2.86. The third-order valence-corrected chi connectivity index (χ3v) is 4.21. The number of aromatic nitrogens is 1. The molecule has 1 amide bonds. The molecule has 0 radical (unpaired) electrons. The van der Waals surface area contributed by atoms with E-state index in [1.165, 1.54) is 11.1 Å². The predicted octanol–water partition coefficient (Wildman–Crippen LogP) is 2.31. The van der Waals surface area contributed by atoms with E-state index >= 15 is 4.39 Å². The van der Waals surface area contributed by atoms with Crippen LogP contribution in [-0.2, 0) is 16.8 Å². The number of aliphatic hydroxyl groups excluding tert-OH is 2. The quantitative estimate of drug-likeness (QED) is 0.848. The van der Waals surface area contributed by atoms with Crippen molar-refractivity contribution in [3.8, 4) is 0 Å². The molecule has 2 rings (SSSR count). The van der Waals surface area contributed by atoms with Gasteiger partial charge in [-0.2, -0.15) is 0 Å². The van der Waals surface area contributed by atoms with Crippen LogP contribution in [0.3, 0.4) is 0 Å². The number of alkyl halides is 1. The van der Waals surface area contributed by atoms with Crippen molar-refractivity contribution in [2.45, 2.75) is 57.4 Å². The van der Waals surface area contributed by atoms with E-state index in [0.29, 0.717) is 5.56 Å². The second-order valence-electron chi connectivity index (χ2n) is 7.65. The number of aliphatic hydroxyl groups is 2. The van der Waals surface area contributed by atoms with Crippen LogP contribution < -0.4 is 0 Å². The topological polar surface area (TPSA) is 82.9 Å². The van der Waals surface area contributed by atoms with Gasteiger partial charge in [-0.1, -0.05) is 0 Å². The number of hydrogen-bond acceptors (Lipinski definition) is 5. The minimum Gasteiger partial charge on any atom is -0.444 e. The molecule has 0 unspecified atom stereocenters. The van der Waals surface area contributed by atoms with Crippen LogP contribution in [-0.4, -0.2) is 57.6 Å². The average Bonchev–Trinajstić information content (AvgIpc) is 2.53. The van der Waals surface area contributed by atoms with Gasteiger partial charge in [-0.05, 0) is 32.4 Å². The first-order chi connectivity index (χ1) is 12.0. The molecule has 1 aliphatic rings. The van der Waals surface area contributed by atoms with Crippen molar-refractivity contribution in [2.75, 3.05) is 19.7 Å². The van der Waals surface area contributed by atoms with Gasteiger partial charge < -0.3 is 19.8 Å². The minimum atomic E-state index is -1.96. The first kappa shape index (κ1) is 20.5. The maximum absolute atomic E-state index is 15.2. The van der Waals surface area contributed by atoms with E-state index in [2.05, 4.69) is 4.98 Å². The largest absolute Gasteiger partial charge is 0.444 e. The summed E-state index contributed by atoms with van der Waals surface area (Å²) in [4.78, 5) is 17.4. The molecule has 0 spiro atoms. The maximum atomic E-state index is 15.2. The van der Waals surface area contributed by atoms with Crippen LogP contribution in [0.4, 0.5) is 13.6 Å². The number of carbonyl (C=O) groups is 1. The Labute approximate surface area is 151 Å².